The minimum atomic E-state index is -0.899. The summed E-state index contributed by atoms with van der Waals surface area (Å²) in [6.07, 6.45) is 0. The van der Waals surface area contributed by atoms with Crippen LogP contribution in [0.25, 0.3) is 22.5 Å². The molecule has 2 aromatic heterocycles. The number of amides is 1. The van der Waals surface area contributed by atoms with Gasteiger partial charge in [0.1, 0.15) is 12.4 Å². The lowest BCUT2D eigenvalue weighted by Crippen LogP contribution is -2.39. The Morgan fingerprint density at radius 1 is 0.725 bits per heavy atom. The Hall–Kier alpha value is -6.41. The van der Waals surface area contributed by atoms with E-state index >= 15 is 0 Å². The van der Waals surface area contributed by atoms with Crippen molar-refractivity contribution in [2.24, 2.45) is 0 Å². The van der Waals surface area contributed by atoms with E-state index in [1.807, 2.05) is 92.7 Å². The molecule has 252 valence electrons. The number of hydrogen-bond acceptors (Lipinski definition) is 6. The minimum absolute atomic E-state index is 0.113. The smallest absolute Gasteiger partial charge is 0.217 e. The first kappa shape index (κ1) is 33.1. The Morgan fingerprint density at radius 3 is 1.86 bits per heavy atom. The van der Waals surface area contributed by atoms with Gasteiger partial charge in [0, 0.05) is 42.0 Å². The molecule has 0 fully saturated rings. The third kappa shape index (κ3) is 6.76. The zero-order valence-corrected chi connectivity index (χ0v) is 28.8. The van der Waals surface area contributed by atoms with E-state index in [0.29, 0.717) is 18.1 Å². The molecule has 5 aromatic carbocycles. The van der Waals surface area contributed by atoms with Gasteiger partial charge in [-0.2, -0.15) is 0 Å². The number of ether oxygens (including phenoxy) is 1. The molecule has 7 aromatic rings. The van der Waals surface area contributed by atoms with E-state index in [-0.39, 0.29) is 12.5 Å². The average molecular weight is 671 g/mol. The molecule has 0 saturated carbocycles. The Kier molecular flexibility index (Phi) is 9.48. The van der Waals surface area contributed by atoms with Crippen LogP contribution in [0.15, 0.2) is 146 Å². The van der Waals surface area contributed by atoms with E-state index in [0.717, 1.165) is 55.9 Å². The third-order valence-corrected chi connectivity index (χ3v) is 9.02. The van der Waals surface area contributed by atoms with Gasteiger partial charge in [0.05, 0.1) is 0 Å². The van der Waals surface area contributed by atoms with Gasteiger partial charge in [-0.25, -0.2) is 0 Å². The second-order valence-electron chi connectivity index (χ2n) is 12.5. The highest BCUT2D eigenvalue weighted by molar-refractivity contribution is 5.81. The van der Waals surface area contributed by atoms with Crippen LogP contribution in [0.1, 0.15) is 46.1 Å². The molecule has 0 saturated heterocycles. The van der Waals surface area contributed by atoms with Crippen LogP contribution in [0.4, 0.5) is 0 Å². The molecule has 51 heavy (non-hydrogen) atoms. The molecule has 0 spiro atoms. The molecule has 0 aliphatic rings. The third-order valence-electron chi connectivity index (χ3n) is 9.02. The average Bonchev–Trinajstić information content (AvgIpc) is 3.66. The van der Waals surface area contributed by atoms with Gasteiger partial charge in [0.25, 0.3) is 0 Å². The maximum absolute atomic E-state index is 11.7. The number of pyridine rings is 1. The molecule has 0 aliphatic carbocycles. The summed E-state index contributed by atoms with van der Waals surface area (Å²) in [5.41, 5.74) is 8.41. The number of aromatic nitrogens is 5. The Bertz CT molecular complexity index is 2160. The predicted molar refractivity (Wildman–Crippen MR) is 199 cm³/mol. The molecular weight excluding hydrogens is 633 g/mol. The van der Waals surface area contributed by atoms with Crippen LogP contribution >= 0.6 is 0 Å². The normalized spacial score (nSPS) is 11.3. The number of tetrazole rings is 1. The summed E-state index contributed by atoms with van der Waals surface area (Å²) in [7, 11) is 0. The van der Waals surface area contributed by atoms with Gasteiger partial charge in [-0.05, 0) is 58.5 Å². The largest absolute Gasteiger partial charge is 0.488 e. The van der Waals surface area contributed by atoms with Crippen LogP contribution in [0.2, 0.25) is 0 Å². The summed E-state index contributed by atoms with van der Waals surface area (Å²) < 4.78 is 6.43. The van der Waals surface area contributed by atoms with Crippen LogP contribution in [-0.4, -0.2) is 31.1 Å². The fourth-order valence-electron chi connectivity index (χ4n) is 6.62. The Morgan fingerprint density at radius 2 is 1.29 bits per heavy atom. The summed E-state index contributed by atoms with van der Waals surface area (Å²) >= 11 is 0. The summed E-state index contributed by atoms with van der Waals surface area (Å²) in [5.74, 6) is 1.06. The molecule has 0 aliphatic heterocycles. The zero-order chi connectivity index (χ0) is 35.2. The highest BCUT2D eigenvalue weighted by Gasteiger charge is 2.41. The monoisotopic (exact) mass is 670 g/mol. The zero-order valence-electron chi connectivity index (χ0n) is 28.8. The van der Waals surface area contributed by atoms with E-state index in [4.69, 9.17) is 20.1 Å². The first-order valence-electron chi connectivity index (χ1n) is 16.9. The summed E-state index contributed by atoms with van der Waals surface area (Å²) in [6.45, 7) is 5.99. The molecule has 8 nitrogen and oxygen atoms in total. The topological polar surface area (TPSA) is 94.8 Å². The van der Waals surface area contributed by atoms with Crippen LogP contribution in [0.5, 0.6) is 5.75 Å². The number of hydrogen-bond donors (Lipinski definition) is 1. The summed E-state index contributed by atoms with van der Waals surface area (Å²) in [6, 6.07) is 49.3. The second kappa shape index (κ2) is 14.6. The number of rotatable bonds is 11. The second-order valence-corrected chi connectivity index (χ2v) is 12.5. The van der Waals surface area contributed by atoms with Gasteiger partial charge in [-0.3, -0.25) is 9.78 Å². The fraction of sp³-hybridized carbons (Fsp3) is 0.140. The van der Waals surface area contributed by atoms with Gasteiger partial charge in [0.2, 0.25) is 11.7 Å². The summed E-state index contributed by atoms with van der Waals surface area (Å²) in [4.78, 5) is 18.1. The highest BCUT2D eigenvalue weighted by Crippen LogP contribution is 2.40. The maximum Gasteiger partial charge on any atom is 0.217 e. The lowest BCUT2D eigenvalue weighted by molar-refractivity contribution is -0.119. The standard InChI is InChI=1S/C43H38N6O2/c1-30-26-41(40(31(2)45-30)28-44-32(3)50)51-29-33-24-25-38(34-16-8-4-9-17-34)39(27-33)42-46-48-49(47-42)43(35-18-10-5-11-19-35,36-20-12-6-13-21-36)37-22-14-7-15-23-37/h4-27H,28-29H2,1-3H3,(H,44,50). The molecule has 0 unspecified atom stereocenters. The molecule has 0 radical (unpaired) electrons. The summed E-state index contributed by atoms with van der Waals surface area (Å²) in [5, 5.41) is 17.7. The van der Waals surface area contributed by atoms with Crippen molar-refractivity contribution in [1.82, 2.24) is 30.5 Å². The van der Waals surface area contributed by atoms with E-state index in [2.05, 4.69) is 77.0 Å². The van der Waals surface area contributed by atoms with Crippen molar-refractivity contribution in [3.05, 3.63) is 185 Å². The van der Waals surface area contributed by atoms with Gasteiger partial charge >= 0.3 is 0 Å². The van der Waals surface area contributed by atoms with Crippen molar-refractivity contribution in [2.45, 2.75) is 39.5 Å². The van der Waals surface area contributed by atoms with Crippen molar-refractivity contribution in [3.8, 4) is 28.3 Å². The van der Waals surface area contributed by atoms with Gasteiger partial charge < -0.3 is 10.1 Å². The number of benzene rings is 5. The van der Waals surface area contributed by atoms with Crippen LogP contribution in [-0.2, 0) is 23.5 Å². The maximum atomic E-state index is 11.7. The van der Waals surface area contributed by atoms with Crippen LogP contribution < -0.4 is 10.1 Å². The highest BCUT2D eigenvalue weighted by atomic mass is 16.5. The molecule has 2 heterocycles. The number of carbonyl (C=O) groups excluding carboxylic acids is 1. The van der Waals surface area contributed by atoms with Crippen LogP contribution in [0, 0.1) is 13.8 Å². The number of carbonyl (C=O) groups is 1. The van der Waals surface area contributed by atoms with Gasteiger partial charge in [-0.1, -0.05) is 133 Å². The van der Waals surface area contributed by atoms with E-state index in [9.17, 15) is 4.79 Å². The van der Waals surface area contributed by atoms with Crippen molar-refractivity contribution in [3.63, 3.8) is 0 Å². The quantitative estimate of drug-likeness (QED) is 0.140. The molecule has 1 N–H and O–H groups in total. The predicted octanol–water partition coefficient (Wildman–Crippen LogP) is 8.07. The SMILES string of the molecule is CC(=O)NCc1c(OCc2ccc(-c3ccccc3)c(-c3nnn(C(c4ccccc4)(c4ccccc4)c4ccccc4)n3)c2)cc(C)nc1C. The number of nitrogens with one attached hydrogen (secondary N) is 1. The van der Waals surface area contributed by atoms with E-state index in [1.54, 1.807) is 4.80 Å². The van der Waals surface area contributed by atoms with Crippen molar-refractivity contribution in [1.29, 1.82) is 0 Å². The first-order chi connectivity index (χ1) is 24.9. The number of aryl methyl sites for hydroxylation is 2. The molecule has 8 heteroatoms. The fourth-order valence-corrected chi connectivity index (χ4v) is 6.62. The first-order valence-corrected chi connectivity index (χ1v) is 16.9. The molecular formula is C43H38N6O2. The van der Waals surface area contributed by atoms with Gasteiger partial charge in [-0.15, -0.1) is 15.0 Å². The van der Waals surface area contributed by atoms with Crippen LogP contribution in [0.3, 0.4) is 0 Å². The number of nitrogens with zero attached hydrogens (tertiary/aromatic N) is 5. The van der Waals surface area contributed by atoms with Crippen molar-refractivity contribution >= 4 is 5.91 Å². The lowest BCUT2D eigenvalue weighted by atomic mass is 9.77. The van der Waals surface area contributed by atoms with E-state index in [1.165, 1.54) is 6.92 Å². The van der Waals surface area contributed by atoms with Crippen molar-refractivity contribution in [2.75, 3.05) is 0 Å². The lowest BCUT2D eigenvalue weighted by Gasteiger charge is -2.34. The molecule has 1 amide bonds. The Labute approximate surface area is 297 Å². The minimum Gasteiger partial charge on any atom is -0.488 e. The molecule has 0 atom stereocenters. The molecule has 7 rings (SSSR count). The van der Waals surface area contributed by atoms with E-state index < -0.39 is 5.54 Å². The Balaban J connectivity index is 1.35. The van der Waals surface area contributed by atoms with Gasteiger partial charge in [0.15, 0.2) is 5.54 Å². The van der Waals surface area contributed by atoms with Crippen molar-refractivity contribution < 1.29 is 9.53 Å². The molecule has 0 bridgehead atoms.